The molecule has 12 atom stereocenters. The van der Waals surface area contributed by atoms with Gasteiger partial charge in [-0.3, -0.25) is 4.79 Å². The average Bonchev–Trinajstić information content (AvgIpc) is 3.20. The molecule has 182 valence electrons. The fourth-order valence-corrected chi connectivity index (χ4v) is 10.3. The van der Waals surface area contributed by atoms with Crippen molar-refractivity contribution in [3.8, 4) is 0 Å². The largest absolute Gasteiger partial charge is 0.463 e. The number of halogens is 1. The fraction of sp³-hybridized carbons (Fsp3) is 0.964. The summed E-state index contributed by atoms with van der Waals surface area (Å²) in [6.07, 6.45) is 14.0. The van der Waals surface area contributed by atoms with Crippen molar-refractivity contribution in [3.63, 3.8) is 0 Å². The summed E-state index contributed by atoms with van der Waals surface area (Å²) in [5, 5.41) is 0. The molecule has 1 saturated heterocycles. The van der Waals surface area contributed by atoms with Crippen molar-refractivity contribution in [1.29, 1.82) is 0 Å². The monoisotopic (exact) mass is 556 g/mol. The summed E-state index contributed by atoms with van der Waals surface area (Å²) in [4.78, 5) is 11.5. The van der Waals surface area contributed by atoms with Crippen LogP contribution in [0.4, 0.5) is 0 Å². The normalized spacial score (nSPS) is 53.0. The number of esters is 1. The molecule has 4 heteroatoms. The standard InChI is InChI=1S/C28H45IO3/c1-16(29)6-9-24-17(2)26-25(32-24)15-23-21-8-7-19-14-20(31-18(3)30)10-12-27(19,4)22(21)11-13-28(23,26)5/h16-17,19-26H,6-15H2,1-5H3. The third-order valence-corrected chi connectivity index (χ3v) is 12.0. The van der Waals surface area contributed by atoms with Gasteiger partial charge >= 0.3 is 5.97 Å². The van der Waals surface area contributed by atoms with Gasteiger partial charge in [-0.25, -0.2) is 0 Å². The maximum Gasteiger partial charge on any atom is 0.302 e. The molecule has 32 heavy (non-hydrogen) atoms. The molecule has 1 heterocycles. The highest BCUT2D eigenvalue weighted by Crippen LogP contribution is 2.70. The molecule has 0 radical (unpaired) electrons. The van der Waals surface area contributed by atoms with Crippen molar-refractivity contribution < 1.29 is 14.3 Å². The van der Waals surface area contributed by atoms with E-state index in [9.17, 15) is 4.79 Å². The molecule has 0 amide bonds. The average molecular weight is 557 g/mol. The van der Waals surface area contributed by atoms with Crippen LogP contribution in [0.15, 0.2) is 0 Å². The highest BCUT2D eigenvalue weighted by molar-refractivity contribution is 14.1. The van der Waals surface area contributed by atoms with E-state index in [0.29, 0.717) is 29.0 Å². The Hall–Kier alpha value is 0.160. The highest BCUT2D eigenvalue weighted by atomic mass is 127. The molecule has 3 nitrogen and oxygen atoms in total. The molecule has 12 unspecified atom stereocenters. The summed E-state index contributed by atoms with van der Waals surface area (Å²) in [6.45, 7) is 11.7. The molecular weight excluding hydrogens is 511 g/mol. The van der Waals surface area contributed by atoms with Crippen molar-refractivity contribution in [1.82, 2.24) is 0 Å². The first kappa shape index (κ1) is 23.9. The number of rotatable bonds is 4. The van der Waals surface area contributed by atoms with Crippen LogP contribution in [0.5, 0.6) is 0 Å². The minimum atomic E-state index is -0.0985. The molecule has 4 aliphatic carbocycles. The van der Waals surface area contributed by atoms with Crippen LogP contribution < -0.4 is 0 Å². The second-order valence-corrected chi connectivity index (χ2v) is 15.0. The zero-order chi connectivity index (χ0) is 22.8. The lowest BCUT2D eigenvalue weighted by Crippen LogP contribution is -2.54. The van der Waals surface area contributed by atoms with Gasteiger partial charge in [0.25, 0.3) is 0 Å². The van der Waals surface area contributed by atoms with Gasteiger partial charge in [-0.15, -0.1) is 0 Å². The van der Waals surface area contributed by atoms with Crippen LogP contribution in [-0.2, 0) is 14.3 Å². The smallest absolute Gasteiger partial charge is 0.302 e. The number of ether oxygens (including phenoxy) is 2. The first-order valence-electron chi connectivity index (χ1n) is 13.6. The summed E-state index contributed by atoms with van der Waals surface area (Å²) in [5.41, 5.74) is 0.929. The summed E-state index contributed by atoms with van der Waals surface area (Å²) in [6, 6.07) is 0. The Bertz CT molecular complexity index is 723. The minimum absolute atomic E-state index is 0.0985. The lowest BCUT2D eigenvalue weighted by molar-refractivity contribution is -0.160. The molecule has 1 aliphatic heterocycles. The van der Waals surface area contributed by atoms with E-state index in [1.54, 1.807) is 6.92 Å². The van der Waals surface area contributed by atoms with Gasteiger partial charge in [0.1, 0.15) is 6.10 Å². The van der Waals surface area contributed by atoms with Gasteiger partial charge in [-0.05, 0) is 111 Å². The lowest BCUT2D eigenvalue weighted by Gasteiger charge is -2.61. The number of carbonyl (C=O) groups excluding carboxylic acids is 1. The Balaban J connectivity index is 1.30. The Morgan fingerprint density at radius 2 is 1.84 bits per heavy atom. The maximum absolute atomic E-state index is 11.5. The van der Waals surface area contributed by atoms with E-state index in [0.717, 1.165) is 46.4 Å². The lowest BCUT2D eigenvalue weighted by atomic mass is 9.44. The first-order valence-corrected chi connectivity index (χ1v) is 14.8. The quantitative estimate of drug-likeness (QED) is 0.209. The van der Waals surface area contributed by atoms with Gasteiger partial charge in [-0.2, -0.15) is 0 Å². The highest BCUT2D eigenvalue weighted by Gasteiger charge is 2.65. The van der Waals surface area contributed by atoms with Gasteiger partial charge in [-0.1, -0.05) is 50.3 Å². The van der Waals surface area contributed by atoms with Crippen molar-refractivity contribution in [2.24, 2.45) is 46.3 Å². The van der Waals surface area contributed by atoms with Crippen molar-refractivity contribution in [3.05, 3.63) is 0 Å². The van der Waals surface area contributed by atoms with E-state index in [4.69, 9.17) is 9.47 Å². The van der Waals surface area contributed by atoms with Crippen molar-refractivity contribution in [2.75, 3.05) is 0 Å². The second-order valence-electron chi connectivity index (χ2n) is 12.9. The zero-order valence-electron chi connectivity index (χ0n) is 20.9. The van der Waals surface area contributed by atoms with Crippen LogP contribution >= 0.6 is 22.6 Å². The minimum Gasteiger partial charge on any atom is -0.463 e. The Morgan fingerprint density at radius 1 is 1.09 bits per heavy atom. The van der Waals surface area contributed by atoms with Gasteiger partial charge in [0.05, 0.1) is 12.2 Å². The molecule has 0 aromatic rings. The predicted molar refractivity (Wildman–Crippen MR) is 137 cm³/mol. The SMILES string of the molecule is CC(=O)OC1CCC2(C)C(CCC3C2CCC2(C)C3CC3OC(CCC(C)I)C(C)C32)C1. The van der Waals surface area contributed by atoms with Gasteiger partial charge in [0.2, 0.25) is 0 Å². The van der Waals surface area contributed by atoms with Crippen molar-refractivity contribution >= 4 is 28.6 Å². The summed E-state index contributed by atoms with van der Waals surface area (Å²) >= 11 is 2.57. The molecule has 0 aromatic carbocycles. The number of fused-ring (bicyclic) bond motifs is 7. The first-order chi connectivity index (χ1) is 15.1. The number of hydrogen-bond donors (Lipinski definition) is 0. The fourth-order valence-electron chi connectivity index (χ4n) is 9.97. The molecule has 5 aliphatic rings. The topological polar surface area (TPSA) is 35.5 Å². The van der Waals surface area contributed by atoms with Crippen molar-refractivity contribution in [2.45, 2.75) is 121 Å². The second kappa shape index (κ2) is 8.68. The number of carbonyl (C=O) groups is 1. The summed E-state index contributed by atoms with van der Waals surface area (Å²) in [7, 11) is 0. The van der Waals surface area contributed by atoms with Crippen LogP contribution in [0.25, 0.3) is 0 Å². The van der Waals surface area contributed by atoms with E-state index >= 15 is 0 Å². The molecule has 5 fully saturated rings. The molecule has 0 spiro atoms. The summed E-state index contributed by atoms with van der Waals surface area (Å²) < 4.78 is 13.2. The number of alkyl halides is 1. The van der Waals surface area contributed by atoms with E-state index in [1.807, 2.05) is 0 Å². The van der Waals surface area contributed by atoms with Gasteiger partial charge in [0, 0.05) is 10.8 Å². The number of hydrogen-bond acceptors (Lipinski definition) is 3. The van der Waals surface area contributed by atoms with Crippen LogP contribution in [-0.4, -0.2) is 28.2 Å². The van der Waals surface area contributed by atoms with Crippen LogP contribution in [0.2, 0.25) is 0 Å². The van der Waals surface area contributed by atoms with Crippen LogP contribution in [0.3, 0.4) is 0 Å². The zero-order valence-corrected chi connectivity index (χ0v) is 23.1. The van der Waals surface area contributed by atoms with Gasteiger partial charge in [0.15, 0.2) is 0 Å². The molecular formula is C28H45IO3. The van der Waals surface area contributed by atoms with E-state index in [1.165, 1.54) is 51.4 Å². The molecule has 0 bridgehead atoms. The Kier molecular flexibility index (Phi) is 6.47. The van der Waals surface area contributed by atoms with E-state index in [2.05, 4.69) is 50.3 Å². The maximum atomic E-state index is 11.5. The van der Waals surface area contributed by atoms with E-state index < -0.39 is 0 Å². The molecule has 5 rings (SSSR count). The third-order valence-electron chi connectivity index (χ3n) is 11.4. The van der Waals surface area contributed by atoms with E-state index in [-0.39, 0.29) is 12.1 Å². The molecule has 0 aromatic heterocycles. The molecule has 4 saturated carbocycles. The van der Waals surface area contributed by atoms with Gasteiger partial charge < -0.3 is 9.47 Å². The van der Waals surface area contributed by atoms with Crippen LogP contribution in [0, 0.1) is 46.3 Å². The molecule has 0 N–H and O–H groups in total. The third kappa shape index (κ3) is 3.80. The van der Waals surface area contributed by atoms with Crippen LogP contribution in [0.1, 0.15) is 98.8 Å². The Morgan fingerprint density at radius 3 is 2.56 bits per heavy atom. The predicted octanol–water partition coefficient (Wildman–Crippen LogP) is 7.19. The summed E-state index contributed by atoms with van der Waals surface area (Å²) in [5.74, 6) is 4.73. The Labute approximate surface area is 209 Å².